The molecule has 2 rings (SSSR count). The smallest absolute Gasteiger partial charge is 0.227 e. The van der Waals surface area contributed by atoms with Crippen molar-refractivity contribution in [1.82, 2.24) is 0 Å². The Morgan fingerprint density at radius 3 is 2.88 bits per heavy atom. The Labute approximate surface area is 98.9 Å². The molecule has 1 aliphatic heterocycles. The SMILES string of the molecule is C=CC1CC(=O)N(c2ccc(O)c(Cl)c2)C1. The number of halogens is 1. The van der Waals surface area contributed by atoms with Crippen LogP contribution in [0.1, 0.15) is 6.42 Å². The molecule has 1 aliphatic rings. The molecule has 0 bridgehead atoms. The number of amides is 1. The van der Waals surface area contributed by atoms with E-state index in [0.717, 1.165) is 5.69 Å². The summed E-state index contributed by atoms with van der Waals surface area (Å²) in [5.74, 6) is 0.282. The van der Waals surface area contributed by atoms with E-state index in [9.17, 15) is 9.90 Å². The second-order valence-electron chi connectivity index (χ2n) is 3.84. The van der Waals surface area contributed by atoms with E-state index in [2.05, 4.69) is 6.58 Å². The maximum atomic E-state index is 11.7. The van der Waals surface area contributed by atoms with Crippen molar-refractivity contribution >= 4 is 23.2 Å². The number of carbonyl (C=O) groups is 1. The highest BCUT2D eigenvalue weighted by Gasteiger charge is 2.28. The van der Waals surface area contributed by atoms with Crippen molar-refractivity contribution in [3.05, 3.63) is 35.9 Å². The molecule has 1 unspecified atom stereocenters. The summed E-state index contributed by atoms with van der Waals surface area (Å²) >= 11 is 5.80. The van der Waals surface area contributed by atoms with Crippen molar-refractivity contribution in [1.29, 1.82) is 0 Å². The quantitative estimate of drug-likeness (QED) is 0.804. The van der Waals surface area contributed by atoms with Crippen LogP contribution in [0, 0.1) is 5.92 Å². The zero-order chi connectivity index (χ0) is 11.7. The van der Waals surface area contributed by atoms with Crippen LogP contribution < -0.4 is 4.90 Å². The lowest BCUT2D eigenvalue weighted by Gasteiger charge is -2.16. The minimum atomic E-state index is 0.0253. The van der Waals surface area contributed by atoms with Gasteiger partial charge in [0, 0.05) is 24.6 Å². The number of phenols is 1. The van der Waals surface area contributed by atoms with Crippen molar-refractivity contribution in [2.75, 3.05) is 11.4 Å². The van der Waals surface area contributed by atoms with Crippen LogP contribution in [0.3, 0.4) is 0 Å². The summed E-state index contributed by atoms with van der Waals surface area (Å²) < 4.78 is 0. The second-order valence-corrected chi connectivity index (χ2v) is 4.25. The fourth-order valence-electron chi connectivity index (χ4n) is 1.81. The summed E-state index contributed by atoms with van der Waals surface area (Å²) in [6.07, 6.45) is 2.28. The summed E-state index contributed by atoms with van der Waals surface area (Å²) in [7, 11) is 0. The van der Waals surface area contributed by atoms with E-state index in [0.29, 0.717) is 13.0 Å². The molecule has 0 spiro atoms. The van der Waals surface area contributed by atoms with E-state index in [1.807, 2.05) is 0 Å². The number of nitrogens with zero attached hydrogens (tertiary/aromatic N) is 1. The Morgan fingerprint density at radius 1 is 1.56 bits per heavy atom. The average molecular weight is 238 g/mol. The first kappa shape index (κ1) is 11.0. The first-order valence-corrected chi connectivity index (χ1v) is 5.41. The zero-order valence-electron chi connectivity index (χ0n) is 8.69. The molecule has 1 fully saturated rings. The van der Waals surface area contributed by atoms with Crippen LogP contribution in [-0.2, 0) is 4.79 Å². The minimum Gasteiger partial charge on any atom is -0.506 e. The van der Waals surface area contributed by atoms with Gasteiger partial charge in [-0.15, -0.1) is 6.58 Å². The fourth-order valence-corrected chi connectivity index (χ4v) is 1.98. The van der Waals surface area contributed by atoms with E-state index in [4.69, 9.17) is 11.6 Å². The standard InChI is InChI=1S/C12H12ClNO2/c1-2-8-5-12(16)14(7-8)9-3-4-11(15)10(13)6-9/h2-4,6,8,15H,1,5,7H2. The first-order chi connectivity index (χ1) is 7.61. The topological polar surface area (TPSA) is 40.5 Å². The average Bonchev–Trinajstić information content (AvgIpc) is 2.64. The largest absolute Gasteiger partial charge is 0.506 e. The molecule has 1 atom stereocenters. The number of rotatable bonds is 2. The normalized spacial score (nSPS) is 20.2. The molecule has 1 N–H and O–H groups in total. The number of hydrogen-bond acceptors (Lipinski definition) is 2. The lowest BCUT2D eigenvalue weighted by molar-refractivity contribution is -0.117. The van der Waals surface area contributed by atoms with Gasteiger partial charge in [0.25, 0.3) is 0 Å². The molecule has 1 saturated heterocycles. The maximum absolute atomic E-state index is 11.7. The maximum Gasteiger partial charge on any atom is 0.227 e. The molecule has 4 heteroatoms. The Morgan fingerprint density at radius 2 is 2.31 bits per heavy atom. The van der Waals surface area contributed by atoms with Gasteiger partial charge in [0.15, 0.2) is 0 Å². The Hall–Kier alpha value is -1.48. The van der Waals surface area contributed by atoms with Crippen molar-refractivity contribution < 1.29 is 9.90 Å². The van der Waals surface area contributed by atoms with Gasteiger partial charge in [-0.25, -0.2) is 0 Å². The third-order valence-corrected chi connectivity index (χ3v) is 3.03. The summed E-state index contributed by atoms with van der Waals surface area (Å²) in [4.78, 5) is 13.4. The molecule has 1 heterocycles. The Bertz CT molecular complexity index is 445. The van der Waals surface area contributed by atoms with Gasteiger partial charge in [-0.2, -0.15) is 0 Å². The van der Waals surface area contributed by atoms with Crippen molar-refractivity contribution in [3.8, 4) is 5.75 Å². The first-order valence-electron chi connectivity index (χ1n) is 5.03. The van der Waals surface area contributed by atoms with E-state index >= 15 is 0 Å². The summed E-state index contributed by atoms with van der Waals surface area (Å²) in [5.41, 5.74) is 0.720. The van der Waals surface area contributed by atoms with E-state index in [1.54, 1.807) is 23.1 Å². The zero-order valence-corrected chi connectivity index (χ0v) is 9.44. The molecular weight excluding hydrogens is 226 g/mol. The third-order valence-electron chi connectivity index (χ3n) is 2.73. The third kappa shape index (κ3) is 1.91. The van der Waals surface area contributed by atoms with E-state index in [-0.39, 0.29) is 22.6 Å². The lowest BCUT2D eigenvalue weighted by Crippen LogP contribution is -2.24. The molecular formula is C12H12ClNO2. The number of carbonyl (C=O) groups excluding carboxylic acids is 1. The predicted molar refractivity (Wildman–Crippen MR) is 63.8 cm³/mol. The molecule has 3 nitrogen and oxygen atoms in total. The van der Waals surface area contributed by atoms with Crippen LogP contribution in [0.15, 0.2) is 30.9 Å². The molecule has 1 aromatic rings. The molecule has 0 aliphatic carbocycles. The number of aromatic hydroxyl groups is 1. The lowest BCUT2D eigenvalue weighted by atomic mass is 10.1. The van der Waals surface area contributed by atoms with Gasteiger partial charge < -0.3 is 10.0 Å². The Kier molecular flexibility index (Phi) is 2.88. The summed E-state index contributed by atoms with van der Waals surface area (Å²) in [6, 6.07) is 4.77. The predicted octanol–water partition coefficient (Wildman–Crippen LogP) is 2.58. The number of anilines is 1. The second kappa shape index (κ2) is 4.18. The van der Waals surface area contributed by atoms with Crippen molar-refractivity contribution in [3.63, 3.8) is 0 Å². The molecule has 1 aromatic carbocycles. The summed E-state index contributed by atoms with van der Waals surface area (Å²) in [5, 5.41) is 9.56. The fraction of sp³-hybridized carbons (Fsp3) is 0.250. The van der Waals surface area contributed by atoms with Crippen LogP contribution in [0.4, 0.5) is 5.69 Å². The van der Waals surface area contributed by atoms with E-state index in [1.165, 1.54) is 6.07 Å². The van der Waals surface area contributed by atoms with Crippen LogP contribution in [-0.4, -0.2) is 17.6 Å². The highest BCUT2D eigenvalue weighted by Crippen LogP contribution is 2.31. The molecule has 84 valence electrons. The minimum absolute atomic E-state index is 0.0253. The molecule has 0 aromatic heterocycles. The van der Waals surface area contributed by atoms with Gasteiger partial charge in [0.05, 0.1) is 5.02 Å². The van der Waals surface area contributed by atoms with Crippen LogP contribution in [0.2, 0.25) is 5.02 Å². The van der Waals surface area contributed by atoms with Crippen LogP contribution >= 0.6 is 11.6 Å². The monoisotopic (exact) mass is 237 g/mol. The molecule has 1 amide bonds. The highest BCUT2D eigenvalue weighted by atomic mass is 35.5. The van der Waals surface area contributed by atoms with Crippen LogP contribution in [0.5, 0.6) is 5.75 Å². The van der Waals surface area contributed by atoms with Crippen molar-refractivity contribution in [2.45, 2.75) is 6.42 Å². The van der Waals surface area contributed by atoms with Gasteiger partial charge in [-0.05, 0) is 18.2 Å². The van der Waals surface area contributed by atoms with E-state index < -0.39 is 0 Å². The molecule has 0 radical (unpaired) electrons. The van der Waals surface area contributed by atoms with Gasteiger partial charge in [-0.3, -0.25) is 4.79 Å². The van der Waals surface area contributed by atoms with Gasteiger partial charge in [-0.1, -0.05) is 17.7 Å². The highest BCUT2D eigenvalue weighted by molar-refractivity contribution is 6.32. The van der Waals surface area contributed by atoms with Gasteiger partial charge >= 0.3 is 0 Å². The van der Waals surface area contributed by atoms with Crippen LogP contribution in [0.25, 0.3) is 0 Å². The summed E-state index contributed by atoms with van der Waals surface area (Å²) in [6.45, 7) is 4.32. The van der Waals surface area contributed by atoms with Crippen molar-refractivity contribution in [2.24, 2.45) is 5.92 Å². The van der Waals surface area contributed by atoms with Gasteiger partial charge in [0.1, 0.15) is 5.75 Å². The Balaban J connectivity index is 2.27. The molecule has 16 heavy (non-hydrogen) atoms. The number of phenolic OH excluding ortho intramolecular Hbond substituents is 1. The molecule has 0 saturated carbocycles. The number of benzene rings is 1. The van der Waals surface area contributed by atoms with Gasteiger partial charge in [0.2, 0.25) is 5.91 Å². The number of hydrogen-bond donors (Lipinski definition) is 1.